The number of nitrogens with one attached hydrogen (secondary N) is 1. The van der Waals surface area contributed by atoms with E-state index in [-0.39, 0.29) is 0 Å². The molecule has 0 aliphatic rings. The first-order chi connectivity index (χ1) is 12.5. The van der Waals surface area contributed by atoms with Gasteiger partial charge in [-0.25, -0.2) is 8.78 Å². The SMILES string of the molecule is C=C/C(=C\C=C(C)C)C(O)C(CF)NC(=O)CF.CF.c1ccncc1. The highest BCUT2D eigenvalue weighted by atomic mass is 19.1. The van der Waals surface area contributed by atoms with Crippen LogP contribution < -0.4 is 5.32 Å². The first-order valence-corrected chi connectivity index (χ1v) is 7.75. The number of aliphatic hydroxyl groups is 1. The van der Waals surface area contributed by atoms with E-state index >= 15 is 0 Å². The predicted octanol–water partition coefficient (Wildman–Crippen LogP) is 3.52. The lowest BCUT2D eigenvalue weighted by Crippen LogP contribution is -2.46. The molecule has 4 nitrogen and oxygen atoms in total. The van der Waals surface area contributed by atoms with Crippen molar-refractivity contribution in [2.75, 3.05) is 20.5 Å². The number of pyridine rings is 1. The van der Waals surface area contributed by atoms with Crippen molar-refractivity contribution in [2.24, 2.45) is 0 Å². The summed E-state index contributed by atoms with van der Waals surface area (Å²) >= 11 is 0. The molecule has 1 aromatic rings. The molecule has 1 heterocycles. The van der Waals surface area contributed by atoms with E-state index < -0.39 is 31.4 Å². The van der Waals surface area contributed by atoms with Gasteiger partial charge in [0, 0.05) is 12.4 Å². The van der Waals surface area contributed by atoms with Crippen LogP contribution in [0.4, 0.5) is 13.2 Å². The molecule has 2 N–H and O–H groups in total. The Labute approximate surface area is 153 Å². The summed E-state index contributed by atoms with van der Waals surface area (Å²) in [6.07, 6.45) is 6.91. The summed E-state index contributed by atoms with van der Waals surface area (Å²) in [5, 5.41) is 12.0. The summed E-state index contributed by atoms with van der Waals surface area (Å²) in [4.78, 5) is 14.6. The van der Waals surface area contributed by atoms with E-state index in [2.05, 4.69) is 16.9 Å². The zero-order chi connectivity index (χ0) is 20.4. The number of carbonyl (C=O) groups is 1. The van der Waals surface area contributed by atoms with Gasteiger partial charge in [-0.3, -0.25) is 14.2 Å². The molecule has 7 heteroatoms. The zero-order valence-electron chi connectivity index (χ0n) is 15.3. The maximum atomic E-state index is 12.7. The maximum Gasteiger partial charge on any atom is 0.251 e. The Kier molecular flexibility index (Phi) is 17.3. The van der Waals surface area contributed by atoms with Gasteiger partial charge < -0.3 is 10.4 Å². The molecule has 1 amide bonds. The second-order valence-corrected chi connectivity index (χ2v) is 5.05. The lowest BCUT2D eigenvalue weighted by molar-refractivity contribution is -0.123. The van der Waals surface area contributed by atoms with Crippen molar-refractivity contribution >= 4 is 5.91 Å². The van der Waals surface area contributed by atoms with Crippen LogP contribution in [0.2, 0.25) is 0 Å². The Morgan fingerprint density at radius 1 is 1.19 bits per heavy atom. The molecule has 0 saturated heterocycles. The van der Waals surface area contributed by atoms with Crippen molar-refractivity contribution in [1.82, 2.24) is 10.3 Å². The van der Waals surface area contributed by atoms with Crippen molar-refractivity contribution < 1.29 is 23.1 Å². The third-order valence-electron chi connectivity index (χ3n) is 2.77. The van der Waals surface area contributed by atoms with Crippen molar-refractivity contribution in [3.8, 4) is 0 Å². The quantitative estimate of drug-likeness (QED) is 0.720. The summed E-state index contributed by atoms with van der Waals surface area (Å²) in [5.74, 6) is -0.956. The van der Waals surface area contributed by atoms with Gasteiger partial charge >= 0.3 is 0 Å². The van der Waals surface area contributed by atoms with E-state index in [4.69, 9.17) is 0 Å². The summed E-state index contributed by atoms with van der Waals surface area (Å²) in [7, 11) is 0.500. The number of nitrogens with zero attached hydrogens (tertiary/aromatic N) is 1. The van der Waals surface area contributed by atoms with Gasteiger partial charge in [0.2, 0.25) is 0 Å². The van der Waals surface area contributed by atoms with Crippen LogP contribution in [0, 0.1) is 0 Å². The number of aromatic nitrogens is 1. The summed E-state index contributed by atoms with van der Waals surface area (Å²) < 4.78 is 34.2. The Bertz CT molecular complexity index is 518. The van der Waals surface area contributed by atoms with Crippen LogP contribution in [0.5, 0.6) is 0 Å². The fourth-order valence-electron chi connectivity index (χ4n) is 1.54. The third-order valence-corrected chi connectivity index (χ3v) is 2.77. The second kappa shape index (κ2) is 17.4. The minimum Gasteiger partial charge on any atom is -0.386 e. The lowest BCUT2D eigenvalue weighted by Gasteiger charge is -2.21. The second-order valence-electron chi connectivity index (χ2n) is 5.05. The molecule has 0 radical (unpaired) electrons. The molecule has 1 aromatic heterocycles. The Balaban J connectivity index is 0. The molecule has 0 saturated carbocycles. The lowest BCUT2D eigenvalue weighted by atomic mass is 10.0. The van der Waals surface area contributed by atoms with Crippen LogP contribution in [-0.4, -0.2) is 48.7 Å². The number of amides is 1. The smallest absolute Gasteiger partial charge is 0.251 e. The average Bonchev–Trinajstić information content (AvgIpc) is 2.69. The topological polar surface area (TPSA) is 62.2 Å². The van der Waals surface area contributed by atoms with E-state index in [1.54, 1.807) is 24.5 Å². The molecule has 2 atom stereocenters. The number of aliphatic hydroxyl groups excluding tert-OH is 1. The van der Waals surface area contributed by atoms with Gasteiger partial charge in [0.15, 0.2) is 6.67 Å². The number of alkyl halides is 3. The molecule has 0 aromatic carbocycles. The van der Waals surface area contributed by atoms with Crippen molar-refractivity contribution in [3.05, 3.63) is 66.5 Å². The molecular weight excluding hydrogens is 345 g/mol. The van der Waals surface area contributed by atoms with E-state index in [9.17, 15) is 23.1 Å². The van der Waals surface area contributed by atoms with Gasteiger partial charge in [0.1, 0.15) is 12.8 Å². The molecule has 0 spiro atoms. The van der Waals surface area contributed by atoms with Crippen LogP contribution >= 0.6 is 0 Å². The zero-order valence-corrected chi connectivity index (χ0v) is 15.3. The van der Waals surface area contributed by atoms with Gasteiger partial charge in [-0.05, 0) is 31.6 Å². The monoisotopic (exact) mass is 372 g/mol. The van der Waals surface area contributed by atoms with Gasteiger partial charge in [-0.15, -0.1) is 0 Å². The van der Waals surface area contributed by atoms with E-state index in [0.717, 1.165) is 5.57 Å². The van der Waals surface area contributed by atoms with Crippen LogP contribution in [0.25, 0.3) is 0 Å². The van der Waals surface area contributed by atoms with Crippen LogP contribution in [0.15, 0.2) is 66.5 Å². The number of hydrogen-bond acceptors (Lipinski definition) is 3. The normalized spacial score (nSPS) is 12.2. The number of halogens is 3. The summed E-state index contributed by atoms with van der Waals surface area (Å²) in [5.41, 5.74) is 1.35. The van der Waals surface area contributed by atoms with Gasteiger partial charge in [-0.2, -0.15) is 0 Å². The molecule has 0 aliphatic carbocycles. The van der Waals surface area contributed by atoms with Crippen LogP contribution in [0.3, 0.4) is 0 Å². The molecule has 2 unspecified atom stereocenters. The molecule has 0 fully saturated rings. The first-order valence-electron chi connectivity index (χ1n) is 7.75. The largest absolute Gasteiger partial charge is 0.386 e. The average molecular weight is 372 g/mol. The molecule has 0 bridgehead atoms. The third kappa shape index (κ3) is 12.9. The van der Waals surface area contributed by atoms with E-state index in [0.29, 0.717) is 12.8 Å². The minimum absolute atomic E-state index is 0.359. The highest BCUT2D eigenvalue weighted by Gasteiger charge is 2.23. The van der Waals surface area contributed by atoms with Crippen molar-refractivity contribution in [2.45, 2.75) is 26.0 Å². The Morgan fingerprint density at radius 2 is 1.77 bits per heavy atom. The van der Waals surface area contributed by atoms with Crippen molar-refractivity contribution in [3.63, 3.8) is 0 Å². The minimum atomic E-state index is -1.27. The molecule has 1 rings (SSSR count). The molecular formula is C19H27F3N2O2. The highest BCUT2D eigenvalue weighted by molar-refractivity contribution is 5.77. The van der Waals surface area contributed by atoms with Gasteiger partial charge in [0.05, 0.1) is 13.2 Å². The number of rotatable bonds is 7. The molecule has 26 heavy (non-hydrogen) atoms. The number of hydrogen-bond donors (Lipinski definition) is 2. The Hall–Kier alpha value is -2.41. The summed E-state index contributed by atoms with van der Waals surface area (Å²) in [6, 6.07) is 4.54. The summed E-state index contributed by atoms with van der Waals surface area (Å²) in [6.45, 7) is 4.99. The highest BCUT2D eigenvalue weighted by Crippen LogP contribution is 2.10. The maximum absolute atomic E-state index is 12.7. The van der Waals surface area contributed by atoms with Crippen LogP contribution in [-0.2, 0) is 4.79 Å². The fourth-order valence-corrected chi connectivity index (χ4v) is 1.54. The number of allylic oxidation sites excluding steroid dienone is 3. The van der Waals surface area contributed by atoms with Gasteiger partial charge in [0.25, 0.3) is 5.91 Å². The standard InChI is InChI=1S/C13H19F2NO2.C5H5N.CH3F/c1-4-10(6-5-9(2)3)13(18)11(7-14)16-12(17)8-15;1-2-4-6-5-3-1;1-2/h4-6,11,13,18H,1,7-8H2,2-3H3,(H,16,17);1-5H;1H3/b10-6+;;. The van der Waals surface area contributed by atoms with Gasteiger partial charge in [-0.1, -0.05) is 36.4 Å². The molecule has 0 aliphatic heterocycles. The van der Waals surface area contributed by atoms with Crippen molar-refractivity contribution in [1.29, 1.82) is 0 Å². The van der Waals surface area contributed by atoms with E-state index in [1.807, 2.05) is 32.0 Å². The Morgan fingerprint density at radius 3 is 2.08 bits per heavy atom. The van der Waals surface area contributed by atoms with E-state index in [1.165, 1.54) is 6.08 Å². The van der Waals surface area contributed by atoms with Crippen LogP contribution in [0.1, 0.15) is 13.8 Å². The fraction of sp³-hybridized carbons (Fsp3) is 0.368. The predicted molar refractivity (Wildman–Crippen MR) is 98.9 cm³/mol. The first kappa shape index (κ1) is 25.8. The molecule has 146 valence electrons. The number of carbonyl (C=O) groups excluding carboxylic acids is 1.